The molecule has 4 aromatic rings. The molecule has 10 heteroatoms. The number of carbonyl (C=O) groups excluding carboxylic acids is 2. The van der Waals surface area contributed by atoms with Crippen LogP contribution in [0.3, 0.4) is 0 Å². The number of nitrogens with one attached hydrogen (secondary N) is 1. The lowest BCUT2D eigenvalue weighted by molar-refractivity contribution is -0.128. The molecule has 0 saturated carbocycles. The topological polar surface area (TPSA) is 113 Å². The summed E-state index contributed by atoms with van der Waals surface area (Å²) in [7, 11) is 0. The minimum atomic E-state index is -1.18. The molecule has 0 unspecified atom stereocenters. The monoisotopic (exact) mass is 516 g/mol. The molecule has 1 heterocycles. The molecule has 4 rings (SSSR count). The Balaban J connectivity index is 1.74. The number of phenolic OH excluding ortho intramolecular Hbond substituents is 1. The van der Waals surface area contributed by atoms with Crippen molar-refractivity contribution in [1.29, 1.82) is 0 Å². The summed E-state index contributed by atoms with van der Waals surface area (Å²) in [6.07, 6.45) is 0. The number of amides is 2. The number of aromatic nitrogens is 4. The highest BCUT2D eigenvalue weighted by molar-refractivity contribution is 6.01. The first kappa shape index (κ1) is 26.5. The van der Waals surface area contributed by atoms with Crippen LogP contribution in [0.1, 0.15) is 37.9 Å². The van der Waals surface area contributed by atoms with Crippen LogP contribution >= 0.6 is 0 Å². The number of rotatable bonds is 7. The molecular formula is C28H29FN6O3. The van der Waals surface area contributed by atoms with Crippen LogP contribution in [-0.4, -0.2) is 42.7 Å². The van der Waals surface area contributed by atoms with Crippen LogP contribution in [0.5, 0.6) is 5.75 Å². The first-order valence-electron chi connectivity index (χ1n) is 12.0. The molecule has 196 valence electrons. The van der Waals surface area contributed by atoms with Gasteiger partial charge in [-0.3, -0.25) is 14.5 Å². The fourth-order valence-electron chi connectivity index (χ4n) is 3.90. The number of hydrogen-bond acceptors (Lipinski definition) is 6. The quantitative estimate of drug-likeness (QED) is 0.381. The van der Waals surface area contributed by atoms with Crippen LogP contribution in [0, 0.1) is 12.7 Å². The van der Waals surface area contributed by atoms with E-state index in [2.05, 4.69) is 20.7 Å². The van der Waals surface area contributed by atoms with E-state index in [4.69, 9.17) is 0 Å². The van der Waals surface area contributed by atoms with Gasteiger partial charge in [0.05, 0.1) is 0 Å². The van der Waals surface area contributed by atoms with Crippen LogP contribution in [-0.2, 0) is 16.1 Å². The van der Waals surface area contributed by atoms with Gasteiger partial charge in [0.15, 0.2) is 0 Å². The van der Waals surface area contributed by atoms with Crippen LogP contribution in [0.25, 0.3) is 11.4 Å². The Morgan fingerprint density at radius 1 is 1.05 bits per heavy atom. The van der Waals surface area contributed by atoms with Crippen molar-refractivity contribution in [1.82, 2.24) is 25.5 Å². The van der Waals surface area contributed by atoms with Gasteiger partial charge in [-0.2, -0.15) is 4.80 Å². The van der Waals surface area contributed by atoms with Crippen LogP contribution in [0.15, 0.2) is 72.8 Å². The average molecular weight is 517 g/mol. The first-order valence-corrected chi connectivity index (χ1v) is 12.0. The minimum absolute atomic E-state index is 0.00260. The van der Waals surface area contributed by atoms with E-state index in [1.54, 1.807) is 18.2 Å². The SMILES string of the molecule is Cc1ccc(-c2nnn(CC(=O)N(c3cccc(F)c3)[C@@H](C(=O)NC(C)(C)C)c3ccc(O)cc3)n2)cc1. The number of aromatic hydroxyl groups is 1. The largest absolute Gasteiger partial charge is 0.508 e. The van der Waals surface area contributed by atoms with Crippen LogP contribution in [0.2, 0.25) is 0 Å². The van der Waals surface area contributed by atoms with Gasteiger partial charge in [0.1, 0.15) is 24.2 Å². The molecule has 0 fully saturated rings. The van der Waals surface area contributed by atoms with E-state index in [0.29, 0.717) is 11.4 Å². The Morgan fingerprint density at radius 3 is 2.37 bits per heavy atom. The van der Waals surface area contributed by atoms with E-state index in [0.717, 1.165) is 15.9 Å². The Bertz CT molecular complexity index is 1430. The number of anilines is 1. The van der Waals surface area contributed by atoms with Gasteiger partial charge < -0.3 is 10.4 Å². The molecule has 2 amide bonds. The Kier molecular flexibility index (Phi) is 7.52. The molecule has 9 nitrogen and oxygen atoms in total. The van der Waals surface area contributed by atoms with Crippen LogP contribution in [0.4, 0.5) is 10.1 Å². The highest BCUT2D eigenvalue weighted by atomic mass is 19.1. The van der Waals surface area contributed by atoms with Crippen molar-refractivity contribution < 1.29 is 19.1 Å². The molecular weight excluding hydrogens is 487 g/mol. The summed E-state index contributed by atoms with van der Waals surface area (Å²) in [5.41, 5.74) is 1.81. The standard InChI is InChI=1S/C28H29FN6O3/c1-18-8-10-20(11-9-18)26-31-33-34(32-26)17-24(37)35(22-7-5-6-21(29)16-22)25(27(38)30-28(2,3)4)19-12-14-23(36)15-13-19/h5-16,25,36H,17H2,1-4H3,(H,30,38)/t25-/m1/s1. The van der Waals surface area contributed by atoms with Crippen molar-refractivity contribution in [3.63, 3.8) is 0 Å². The summed E-state index contributed by atoms with van der Waals surface area (Å²) in [6.45, 7) is 7.07. The molecule has 0 saturated heterocycles. The Labute approximate surface area is 219 Å². The van der Waals surface area contributed by atoms with Gasteiger partial charge in [-0.15, -0.1) is 10.2 Å². The van der Waals surface area contributed by atoms with E-state index in [1.165, 1.54) is 35.2 Å². The zero-order valence-corrected chi connectivity index (χ0v) is 21.6. The predicted octanol–water partition coefficient (Wildman–Crippen LogP) is 4.18. The fraction of sp³-hybridized carbons (Fsp3) is 0.250. The summed E-state index contributed by atoms with van der Waals surface area (Å²) in [6, 6.07) is 17.8. The fourth-order valence-corrected chi connectivity index (χ4v) is 3.90. The third-order valence-electron chi connectivity index (χ3n) is 5.61. The van der Waals surface area contributed by atoms with Crippen molar-refractivity contribution in [2.75, 3.05) is 4.90 Å². The number of phenols is 1. The number of tetrazole rings is 1. The number of halogens is 1. The maximum atomic E-state index is 14.3. The minimum Gasteiger partial charge on any atom is -0.508 e. The van der Waals surface area contributed by atoms with Gasteiger partial charge >= 0.3 is 0 Å². The lowest BCUT2D eigenvalue weighted by Crippen LogP contribution is -2.50. The molecule has 0 aliphatic heterocycles. The zero-order chi connectivity index (χ0) is 27.4. The summed E-state index contributed by atoms with van der Waals surface area (Å²) >= 11 is 0. The summed E-state index contributed by atoms with van der Waals surface area (Å²) in [5, 5.41) is 25.1. The third-order valence-corrected chi connectivity index (χ3v) is 5.61. The second-order valence-electron chi connectivity index (χ2n) is 9.99. The summed E-state index contributed by atoms with van der Waals surface area (Å²) < 4.78 is 14.3. The van der Waals surface area contributed by atoms with Crippen LogP contribution < -0.4 is 10.2 Å². The highest BCUT2D eigenvalue weighted by Gasteiger charge is 2.35. The maximum absolute atomic E-state index is 14.3. The number of carbonyl (C=O) groups is 2. The third kappa shape index (κ3) is 6.39. The molecule has 1 atom stereocenters. The van der Waals surface area contributed by atoms with Crippen molar-refractivity contribution in [3.05, 3.63) is 89.7 Å². The smallest absolute Gasteiger partial charge is 0.251 e. The molecule has 0 aliphatic rings. The number of aryl methyl sites for hydroxylation is 1. The lowest BCUT2D eigenvalue weighted by Gasteiger charge is -2.33. The lowest BCUT2D eigenvalue weighted by atomic mass is 10.0. The maximum Gasteiger partial charge on any atom is 0.251 e. The summed E-state index contributed by atoms with van der Waals surface area (Å²) in [5.74, 6) is -1.27. The number of hydrogen-bond donors (Lipinski definition) is 2. The van der Waals surface area contributed by atoms with E-state index >= 15 is 0 Å². The average Bonchev–Trinajstić information content (AvgIpc) is 3.30. The van der Waals surface area contributed by atoms with Gasteiger partial charge in [-0.05, 0) is 68.8 Å². The Hall–Kier alpha value is -4.60. The molecule has 2 N–H and O–H groups in total. The molecule has 3 aromatic carbocycles. The van der Waals surface area contributed by atoms with Crippen molar-refractivity contribution >= 4 is 17.5 Å². The van der Waals surface area contributed by atoms with Crippen molar-refractivity contribution in [2.24, 2.45) is 0 Å². The first-order chi connectivity index (χ1) is 18.0. The number of benzene rings is 3. The molecule has 0 bridgehead atoms. The molecule has 0 aliphatic carbocycles. The second kappa shape index (κ2) is 10.8. The van der Waals surface area contributed by atoms with Gasteiger partial charge in [0, 0.05) is 16.8 Å². The van der Waals surface area contributed by atoms with Crippen molar-refractivity contribution in [2.45, 2.75) is 45.8 Å². The molecule has 0 spiro atoms. The van der Waals surface area contributed by atoms with Gasteiger partial charge in [-0.25, -0.2) is 4.39 Å². The Morgan fingerprint density at radius 2 is 1.74 bits per heavy atom. The normalized spacial score (nSPS) is 12.1. The van der Waals surface area contributed by atoms with Gasteiger partial charge in [-0.1, -0.05) is 48.0 Å². The predicted molar refractivity (Wildman–Crippen MR) is 141 cm³/mol. The molecule has 1 aromatic heterocycles. The number of nitrogens with zero attached hydrogens (tertiary/aromatic N) is 5. The van der Waals surface area contributed by atoms with Gasteiger partial charge in [0.2, 0.25) is 11.7 Å². The van der Waals surface area contributed by atoms with Gasteiger partial charge in [0.25, 0.3) is 5.91 Å². The second-order valence-corrected chi connectivity index (χ2v) is 9.99. The molecule has 38 heavy (non-hydrogen) atoms. The van der Waals surface area contributed by atoms with E-state index < -0.39 is 29.2 Å². The van der Waals surface area contributed by atoms with E-state index in [9.17, 15) is 19.1 Å². The van der Waals surface area contributed by atoms with E-state index in [1.807, 2.05) is 52.0 Å². The van der Waals surface area contributed by atoms with E-state index in [-0.39, 0.29) is 18.0 Å². The molecule has 0 radical (unpaired) electrons. The van der Waals surface area contributed by atoms with Crippen molar-refractivity contribution in [3.8, 4) is 17.1 Å². The highest BCUT2D eigenvalue weighted by Crippen LogP contribution is 2.30. The summed E-state index contributed by atoms with van der Waals surface area (Å²) in [4.78, 5) is 29.8. The zero-order valence-electron chi connectivity index (χ0n) is 21.6.